The summed E-state index contributed by atoms with van der Waals surface area (Å²) in [5.74, 6) is -0.192. The molecule has 1 N–H and O–H groups in total. The highest BCUT2D eigenvalue weighted by Gasteiger charge is 2.11. The monoisotopic (exact) mass is 301 g/mol. The number of ketones is 1. The lowest BCUT2D eigenvalue weighted by Crippen LogP contribution is -2.15. The van der Waals surface area contributed by atoms with E-state index in [1.54, 1.807) is 18.2 Å². The fraction of sp³-hybridized carbons (Fsp3) is 0.333. The molecule has 0 aliphatic carbocycles. The number of thioether (sulfide) groups is 1. The van der Waals surface area contributed by atoms with Gasteiger partial charge in [0.05, 0.1) is 11.5 Å². The third kappa shape index (κ3) is 5.44. The summed E-state index contributed by atoms with van der Waals surface area (Å²) in [5, 5.41) is -0.129. The van der Waals surface area contributed by atoms with Crippen molar-refractivity contribution in [2.75, 3.05) is 16.2 Å². The zero-order chi connectivity index (χ0) is 14.5. The summed E-state index contributed by atoms with van der Waals surface area (Å²) in [6.45, 7) is 2.92. The fourth-order valence-corrected chi connectivity index (χ4v) is 2.39. The van der Waals surface area contributed by atoms with Crippen molar-refractivity contribution in [3.8, 4) is 0 Å². The number of sulfonamides is 1. The summed E-state index contributed by atoms with van der Waals surface area (Å²) in [6.07, 6.45) is 0. The van der Waals surface area contributed by atoms with E-state index in [-0.39, 0.29) is 22.4 Å². The molecule has 0 spiro atoms. The Morgan fingerprint density at radius 3 is 2.58 bits per heavy atom. The molecule has 0 aliphatic rings. The second-order valence-electron chi connectivity index (χ2n) is 3.79. The third-order valence-electron chi connectivity index (χ3n) is 2.24. The van der Waals surface area contributed by atoms with Gasteiger partial charge in [-0.05, 0) is 19.1 Å². The number of rotatable bonds is 6. The van der Waals surface area contributed by atoms with Crippen molar-refractivity contribution >= 4 is 38.4 Å². The van der Waals surface area contributed by atoms with E-state index in [1.807, 2.05) is 0 Å². The van der Waals surface area contributed by atoms with Gasteiger partial charge in [0.25, 0.3) is 0 Å². The minimum Gasteiger partial charge on any atom is -0.293 e. The van der Waals surface area contributed by atoms with Gasteiger partial charge in [0, 0.05) is 18.2 Å². The van der Waals surface area contributed by atoms with Crippen LogP contribution in [-0.4, -0.2) is 30.8 Å². The van der Waals surface area contributed by atoms with Crippen LogP contribution in [0.4, 0.5) is 5.69 Å². The van der Waals surface area contributed by atoms with E-state index in [0.29, 0.717) is 11.3 Å². The molecule has 0 fully saturated rings. The molecule has 0 aliphatic heterocycles. The van der Waals surface area contributed by atoms with Crippen LogP contribution >= 0.6 is 11.8 Å². The van der Waals surface area contributed by atoms with Gasteiger partial charge in [0.1, 0.15) is 0 Å². The standard InChI is InChI=1S/C12H15NO4S2/c1-3-19(16,17)13-11-6-4-5-10(7-11)12(15)8-18-9(2)14/h4-7,13H,3,8H2,1-2H3. The Bertz CT molecular complexity index is 581. The van der Waals surface area contributed by atoms with Crippen molar-refractivity contribution in [3.05, 3.63) is 29.8 Å². The largest absolute Gasteiger partial charge is 0.293 e. The van der Waals surface area contributed by atoms with E-state index in [9.17, 15) is 18.0 Å². The predicted molar refractivity (Wildman–Crippen MR) is 77.0 cm³/mol. The van der Waals surface area contributed by atoms with Gasteiger partial charge in [-0.1, -0.05) is 23.9 Å². The third-order valence-corrected chi connectivity index (χ3v) is 4.36. The zero-order valence-corrected chi connectivity index (χ0v) is 12.3. The molecule has 0 bridgehead atoms. The van der Waals surface area contributed by atoms with Crippen molar-refractivity contribution in [2.24, 2.45) is 0 Å². The first kappa shape index (κ1) is 15.7. The van der Waals surface area contributed by atoms with Crippen molar-refractivity contribution in [1.29, 1.82) is 0 Å². The molecular weight excluding hydrogens is 286 g/mol. The molecule has 0 saturated carbocycles. The summed E-state index contributed by atoms with van der Waals surface area (Å²) in [7, 11) is -3.36. The minimum atomic E-state index is -3.36. The first-order valence-corrected chi connectivity index (χ1v) is 8.25. The van der Waals surface area contributed by atoms with Gasteiger partial charge in [0.2, 0.25) is 10.0 Å². The Morgan fingerprint density at radius 2 is 2.00 bits per heavy atom. The van der Waals surface area contributed by atoms with Crippen molar-refractivity contribution < 1.29 is 18.0 Å². The molecule has 19 heavy (non-hydrogen) atoms. The van der Waals surface area contributed by atoms with E-state index in [1.165, 1.54) is 19.9 Å². The zero-order valence-electron chi connectivity index (χ0n) is 10.7. The van der Waals surface area contributed by atoms with Crippen LogP contribution in [0.3, 0.4) is 0 Å². The number of anilines is 1. The highest BCUT2D eigenvalue weighted by Crippen LogP contribution is 2.15. The van der Waals surface area contributed by atoms with Crippen LogP contribution in [0.15, 0.2) is 24.3 Å². The second-order valence-corrected chi connectivity index (χ2v) is 6.95. The van der Waals surface area contributed by atoms with Gasteiger partial charge in [0.15, 0.2) is 10.9 Å². The molecule has 0 aromatic heterocycles. The van der Waals surface area contributed by atoms with Gasteiger partial charge >= 0.3 is 0 Å². The summed E-state index contributed by atoms with van der Waals surface area (Å²) in [6, 6.07) is 6.23. The molecule has 104 valence electrons. The number of hydrogen-bond donors (Lipinski definition) is 1. The van der Waals surface area contributed by atoms with Gasteiger partial charge < -0.3 is 0 Å². The molecule has 0 unspecified atom stereocenters. The maximum Gasteiger partial charge on any atom is 0.232 e. The number of carbonyl (C=O) groups is 2. The Labute approximate surface area is 116 Å². The van der Waals surface area contributed by atoms with Crippen molar-refractivity contribution in [3.63, 3.8) is 0 Å². The van der Waals surface area contributed by atoms with Crippen molar-refractivity contribution in [1.82, 2.24) is 0 Å². The average molecular weight is 301 g/mol. The van der Waals surface area contributed by atoms with E-state index in [4.69, 9.17) is 0 Å². The van der Waals surface area contributed by atoms with Gasteiger partial charge in [-0.2, -0.15) is 0 Å². The smallest absolute Gasteiger partial charge is 0.232 e. The number of hydrogen-bond acceptors (Lipinski definition) is 5. The lowest BCUT2D eigenvalue weighted by molar-refractivity contribution is -0.109. The van der Waals surface area contributed by atoms with E-state index >= 15 is 0 Å². The lowest BCUT2D eigenvalue weighted by Gasteiger charge is -2.07. The highest BCUT2D eigenvalue weighted by atomic mass is 32.2. The van der Waals surface area contributed by atoms with Crippen LogP contribution in [0, 0.1) is 0 Å². The van der Waals surface area contributed by atoms with Crippen molar-refractivity contribution in [2.45, 2.75) is 13.8 Å². The molecule has 1 aromatic rings. The van der Waals surface area contributed by atoms with Crippen LogP contribution < -0.4 is 4.72 Å². The molecule has 0 radical (unpaired) electrons. The Morgan fingerprint density at radius 1 is 1.32 bits per heavy atom. The first-order valence-electron chi connectivity index (χ1n) is 5.61. The molecule has 1 aromatic carbocycles. The Kier molecular flexibility index (Phi) is 5.56. The summed E-state index contributed by atoms with van der Waals surface area (Å²) in [5.41, 5.74) is 0.727. The molecular formula is C12H15NO4S2. The van der Waals surface area contributed by atoms with E-state index in [2.05, 4.69) is 4.72 Å². The first-order chi connectivity index (χ1) is 8.84. The number of Topliss-reactive ketones (excluding diaryl/α,β-unsaturated/α-hetero) is 1. The normalized spacial score (nSPS) is 11.1. The SMILES string of the molecule is CCS(=O)(=O)Nc1cccc(C(=O)CSC(C)=O)c1. The molecule has 0 atom stereocenters. The van der Waals surface area contributed by atoms with Gasteiger partial charge in [-0.25, -0.2) is 8.42 Å². The maximum absolute atomic E-state index is 11.8. The summed E-state index contributed by atoms with van der Waals surface area (Å²) < 4.78 is 25.2. The van der Waals surface area contributed by atoms with E-state index < -0.39 is 10.0 Å². The molecule has 0 amide bonds. The number of benzene rings is 1. The van der Waals surface area contributed by atoms with Crippen LogP contribution in [0.25, 0.3) is 0 Å². The Balaban J connectivity index is 2.82. The van der Waals surface area contributed by atoms with Crippen LogP contribution in [0.5, 0.6) is 0 Å². The number of carbonyl (C=O) groups excluding carboxylic acids is 2. The molecule has 0 saturated heterocycles. The maximum atomic E-state index is 11.8. The van der Waals surface area contributed by atoms with E-state index in [0.717, 1.165) is 11.8 Å². The predicted octanol–water partition coefficient (Wildman–Crippen LogP) is 1.91. The fourth-order valence-electron chi connectivity index (χ4n) is 1.26. The van der Waals surface area contributed by atoms with Crippen LogP contribution in [-0.2, 0) is 14.8 Å². The summed E-state index contributed by atoms with van der Waals surface area (Å²) in [4.78, 5) is 22.6. The summed E-state index contributed by atoms with van der Waals surface area (Å²) >= 11 is 0.931. The topological polar surface area (TPSA) is 80.3 Å². The second kappa shape index (κ2) is 6.72. The molecule has 0 heterocycles. The quantitative estimate of drug-likeness (QED) is 0.812. The van der Waals surface area contributed by atoms with Crippen LogP contribution in [0.2, 0.25) is 0 Å². The van der Waals surface area contributed by atoms with Gasteiger partial charge in [-0.3, -0.25) is 14.3 Å². The highest BCUT2D eigenvalue weighted by molar-refractivity contribution is 8.14. The minimum absolute atomic E-state index is 0.0363. The number of nitrogens with one attached hydrogen (secondary N) is 1. The molecule has 5 nitrogen and oxygen atoms in total. The molecule has 1 rings (SSSR count). The molecule has 7 heteroatoms. The van der Waals surface area contributed by atoms with Crippen LogP contribution in [0.1, 0.15) is 24.2 Å². The van der Waals surface area contributed by atoms with Gasteiger partial charge in [-0.15, -0.1) is 0 Å². The lowest BCUT2D eigenvalue weighted by atomic mass is 10.1. The average Bonchev–Trinajstić information content (AvgIpc) is 2.35. The Hall–Kier alpha value is -1.34.